The van der Waals surface area contributed by atoms with Crippen molar-refractivity contribution in [2.45, 2.75) is 5.75 Å². The van der Waals surface area contributed by atoms with Crippen LogP contribution in [0.15, 0.2) is 59.1 Å². The molecule has 1 heterocycles. The van der Waals surface area contributed by atoms with Crippen LogP contribution in [-0.4, -0.2) is 23.9 Å². The fraction of sp³-hybridized carbons (Fsp3) is 0.167. The Morgan fingerprint density at radius 3 is 2.60 bits per heavy atom. The van der Waals surface area contributed by atoms with Crippen LogP contribution < -0.4 is 14.5 Å². The maximum absolute atomic E-state index is 12.5. The van der Waals surface area contributed by atoms with Gasteiger partial charge in [-0.05, 0) is 22.4 Å². The number of carbonyl (C=O) groups excluding carboxylic acids is 1. The van der Waals surface area contributed by atoms with Crippen molar-refractivity contribution >= 4 is 17.5 Å². The lowest BCUT2D eigenvalue weighted by Gasteiger charge is -2.01. The van der Waals surface area contributed by atoms with Crippen molar-refractivity contribution in [1.29, 1.82) is 0 Å². The molecule has 0 aliphatic rings. The smallest absolute Gasteiger partial charge is 0.307 e. The van der Waals surface area contributed by atoms with Crippen molar-refractivity contribution in [3.63, 3.8) is 0 Å². The molecule has 0 unspecified atom stereocenters. The second-order valence-electron chi connectivity index (χ2n) is 5.22. The summed E-state index contributed by atoms with van der Waals surface area (Å²) in [4.78, 5) is 12.5. The summed E-state index contributed by atoms with van der Waals surface area (Å²) < 4.78 is 11.0. The Bertz CT molecular complexity index is 847. The van der Waals surface area contributed by atoms with Gasteiger partial charge in [-0.2, -0.15) is 0 Å². The predicted molar refractivity (Wildman–Crippen MR) is 91.0 cm³/mol. The fourth-order valence-electron chi connectivity index (χ4n) is 2.28. The zero-order valence-corrected chi connectivity index (χ0v) is 14.4. The number of rotatable bonds is 7. The topological polar surface area (TPSA) is 79.3 Å². The molecule has 0 saturated heterocycles. The number of hydrogen-bond acceptors (Lipinski definition) is 6. The van der Waals surface area contributed by atoms with E-state index in [1.165, 1.54) is 16.4 Å². The molecule has 3 aromatic rings. The number of aromatic nitrogens is 2. The van der Waals surface area contributed by atoms with Gasteiger partial charge in [-0.1, -0.05) is 30.3 Å². The van der Waals surface area contributed by atoms with Crippen LogP contribution in [0.4, 0.5) is 0 Å². The first-order valence-corrected chi connectivity index (χ1v) is 8.73. The Morgan fingerprint density at radius 2 is 1.92 bits per heavy atom. The molecular weight excluding hydrogens is 340 g/mol. The van der Waals surface area contributed by atoms with Crippen LogP contribution >= 0.6 is 11.8 Å². The first kappa shape index (κ1) is 17.0. The van der Waals surface area contributed by atoms with Crippen LogP contribution in [0.25, 0.3) is 5.69 Å². The van der Waals surface area contributed by atoms with Crippen molar-refractivity contribution in [3.8, 4) is 17.4 Å². The second-order valence-corrected chi connectivity index (χ2v) is 6.21. The summed E-state index contributed by atoms with van der Waals surface area (Å²) in [6, 6.07) is 16.7. The van der Waals surface area contributed by atoms with Gasteiger partial charge in [0.1, 0.15) is 5.75 Å². The summed E-state index contributed by atoms with van der Waals surface area (Å²) in [5.74, 6) is 0.474. The molecule has 0 fully saturated rings. The fourth-order valence-corrected chi connectivity index (χ4v) is 3.14. The number of hydrogen-bond donors (Lipinski definition) is 0. The number of thioether (sulfide) groups is 1. The van der Waals surface area contributed by atoms with Crippen molar-refractivity contribution < 1.29 is 23.8 Å². The highest BCUT2D eigenvalue weighted by Gasteiger charge is 2.27. The van der Waals surface area contributed by atoms with Crippen LogP contribution in [-0.2, 0) is 5.75 Å². The monoisotopic (exact) mass is 356 g/mol. The first-order valence-electron chi connectivity index (χ1n) is 7.57. The van der Waals surface area contributed by atoms with E-state index in [1.54, 1.807) is 31.4 Å². The highest BCUT2D eigenvalue weighted by molar-refractivity contribution is 7.99. The van der Waals surface area contributed by atoms with E-state index in [-0.39, 0.29) is 17.2 Å². The lowest BCUT2D eigenvalue weighted by molar-refractivity contribution is -0.672. The van der Waals surface area contributed by atoms with Crippen molar-refractivity contribution in [2.24, 2.45) is 0 Å². The zero-order chi connectivity index (χ0) is 17.6. The lowest BCUT2D eigenvalue weighted by atomic mass is 10.2. The van der Waals surface area contributed by atoms with E-state index < -0.39 is 5.95 Å². The van der Waals surface area contributed by atoms with E-state index in [9.17, 15) is 9.90 Å². The molecule has 6 nitrogen and oxygen atoms in total. The minimum Gasteiger partial charge on any atom is -0.539 e. The van der Waals surface area contributed by atoms with Crippen LogP contribution in [0.2, 0.25) is 0 Å². The standard InChI is InChI=1S/C18H16N2O4S/c1-23-15-9-7-14(8-10-15)20-17(18(22)24-19-20)16(21)12-25-11-13-5-3-2-4-6-13/h2-10H,11-12H2,1H3. The van der Waals surface area contributed by atoms with Gasteiger partial charge in [-0.15, -0.1) is 11.8 Å². The number of methoxy groups -OCH3 is 1. The number of ketones is 1. The van der Waals surface area contributed by atoms with Gasteiger partial charge in [0.05, 0.1) is 18.1 Å². The second kappa shape index (κ2) is 7.85. The van der Waals surface area contributed by atoms with Crippen molar-refractivity contribution in [2.75, 3.05) is 12.9 Å². The number of nitrogens with zero attached hydrogens (tertiary/aromatic N) is 2. The van der Waals surface area contributed by atoms with E-state index in [0.717, 1.165) is 5.56 Å². The largest absolute Gasteiger partial charge is 0.539 e. The third-order valence-electron chi connectivity index (χ3n) is 3.54. The van der Waals surface area contributed by atoms with Gasteiger partial charge in [0.15, 0.2) is 5.95 Å². The lowest BCUT2D eigenvalue weighted by Crippen LogP contribution is -2.39. The number of ether oxygens (including phenoxy) is 1. The van der Waals surface area contributed by atoms with E-state index in [0.29, 0.717) is 17.2 Å². The Morgan fingerprint density at radius 1 is 1.20 bits per heavy atom. The molecule has 128 valence electrons. The van der Waals surface area contributed by atoms with Crippen LogP contribution in [0.3, 0.4) is 0 Å². The summed E-state index contributed by atoms with van der Waals surface area (Å²) in [7, 11) is 1.56. The summed E-state index contributed by atoms with van der Waals surface area (Å²) in [6.45, 7) is 0. The van der Waals surface area contributed by atoms with Crippen molar-refractivity contribution in [3.05, 3.63) is 65.9 Å². The first-order chi connectivity index (χ1) is 12.2. The molecule has 0 amide bonds. The minimum absolute atomic E-state index is 0.0780. The molecule has 25 heavy (non-hydrogen) atoms. The van der Waals surface area contributed by atoms with Gasteiger partial charge < -0.3 is 14.4 Å². The number of benzene rings is 2. The summed E-state index contributed by atoms with van der Waals surface area (Å²) in [6.07, 6.45) is 0. The molecular formula is C18H16N2O4S. The molecule has 1 aromatic heterocycles. The third kappa shape index (κ3) is 4.00. The molecule has 0 N–H and O–H groups in total. The average molecular weight is 356 g/mol. The molecule has 2 aromatic carbocycles. The van der Waals surface area contributed by atoms with Gasteiger partial charge in [0.2, 0.25) is 11.5 Å². The van der Waals surface area contributed by atoms with E-state index in [1.807, 2.05) is 30.3 Å². The maximum atomic E-state index is 12.5. The van der Waals surface area contributed by atoms with E-state index >= 15 is 0 Å². The maximum Gasteiger partial charge on any atom is 0.307 e. The van der Waals surface area contributed by atoms with Crippen LogP contribution in [0.1, 0.15) is 16.1 Å². The van der Waals surface area contributed by atoms with Gasteiger partial charge in [0, 0.05) is 17.9 Å². The van der Waals surface area contributed by atoms with Gasteiger partial charge in [-0.3, -0.25) is 4.79 Å². The molecule has 0 spiro atoms. The molecule has 0 aliphatic carbocycles. The summed E-state index contributed by atoms with van der Waals surface area (Å²) >= 11 is 1.44. The minimum atomic E-state index is -0.735. The molecule has 0 atom stereocenters. The van der Waals surface area contributed by atoms with E-state index in [4.69, 9.17) is 4.74 Å². The highest BCUT2D eigenvalue weighted by atomic mass is 32.2. The summed E-state index contributed by atoms with van der Waals surface area (Å²) in [5, 5.41) is 15.6. The number of Topliss-reactive ketones (excluding diaryl/α,β-unsaturated/α-hetero) is 1. The molecule has 0 saturated carbocycles. The molecule has 7 heteroatoms. The Labute approximate surface area is 149 Å². The molecule has 0 bridgehead atoms. The average Bonchev–Trinajstić information content (AvgIpc) is 3.04. The molecule has 3 rings (SSSR count). The summed E-state index contributed by atoms with van der Waals surface area (Å²) in [5.41, 5.74) is 1.60. The Hall–Kier alpha value is -2.80. The molecule has 0 aliphatic heterocycles. The molecule has 0 radical (unpaired) electrons. The zero-order valence-electron chi connectivity index (χ0n) is 13.5. The predicted octanol–water partition coefficient (Wildman–Crippen LogP) is 2.15. The quantitative estimate of drug-likeness (QED) is 0.477. The Balaban J connectivity index is 1.72. The normalized spacial score (nSPS) is 10.6. The van der Waals surface area contributed by atoms with Crippen molar-refractivity contribution in [1.82, 2.24) is 5.27 Å². The number of carbonyl (C=O) groups is 1. The Kier molecular flexibility index (Phi) is 5.35. The van der Waals surface area contributed by atoms with E-state index in [2.05, 4.69) is 9.79 Å². The van der Waals surface area contributed by atoms with Crippen LogP contribution in [0, 0.1) is 0 Å². The van der Waals surface area contributed by atoms with Crippen LogP contribution in [0.5, 0.6) is 11.7 Å². The third-order valence-corrected chi connectivity index (χ3v) is 4.54. The van der Waals surface area contributed by atoms with Gasteiger partial charge >= 0.3 is 5.69 Å². The highest BCUT2D eigenvalue weighted by Crippen LogP contribution is 2.18. The van der Waals surface area contributed by atoms with Gasteiger partial charge in [0.25, 0.3) is 0 Å². The van der Waals surface area contributed by atoms with Gasteiger partial charge in [-0.25, -0.2) is 0 Å². The SMILES string of the molecule is COc1ccc(-[n+]2noc([O-])c2C(=O)CSCc2ccccc2)cc1.